The Labute approximate surface area is 139 Å². The summed E-state index contributed by atoms with van der Waals surface area (Å²) < 4.78 is 0. The molecule has 0 unspecified atom stereocenters. The van der Waals surface area contributed by atoms with Gasteiger partial charge in [-0.05, 0) is 30.2 Å². The first-order valence-corrected chi connectivity index (χ1v) is 7.52. The molecule has 0 aliphatic carbocycles. The summed E-state index contributed by atoms with van der Waals surface area (Å²) in [7, 11) is 0. The summed E-state index contributed by atoms with van der Waals surface area (Å²) in [6.45, 7) is 1.92. The van der Waals surface area contributed by atoms with Crippen LogP contribution in [0.1, 0.15) is 30.1 Å². The van der Waals surface area contributed by atoms with Crippen LogP contribution in [0.3, 0.4) is 0 Å². The molecule has 120 valence electrons. The van der Waals surface area contributed by atoms with Crippen molar-refractivity contribution in [1.82, 2.24) is 10.6 Å². The molecule has 3 amide bonds. The minimum Gasteiger partial charge on any atom is -0.351 e. The first-order valence-electron chi connectivity index (χ1n) is 7.14. The fourth-order valence-corrected chi connectivity index (χ4v) is 2.48. The topological polar surface area (TPSA) is 84.2 Å². The molecule has 0 aliphatic heterocycles. The van der Waals surface area contributed by atoms with Crippen molar-refractivity contribution >= 4 is 23.5 Å². The number of carbonyl (C=O) groups is 2. The Morgan fingerprint density at radius 1 is 1.04 bits per heavy atom. The third kappa shape index (κ3) is 4.81. The number of hydrogen-bond donors (Lipinski definition) is 3. The lowest BCUT2D eigenvalue weighted by Crippen LogP contribution is -2.43. The molecule has 23 heavy (non-hydrogen) atoms. The first-order chi connectivity index (χ1) is 11.0. The standard InChI is InChI=1S/C17H18ClN3O2/c1-11(13-8-5-9-14(18)10-13)20-15(16(22)21-17(19)23)12-6-3-2-4-7-12/h2-11,15,20H,1H3,(H3,19,21,22,23)/t11-,15+/m1/s1. The minimum atomic E-state index is -0.881. The van der Waals surface area contributed by atoms with Crippen LogP contribution >= 0.6 is 11.6 Å². The molecule has 0 aliphatic rings. The average molecular weight is 332 g/mol. The quantitative estimate of drug-likeness (QED) is 0.787. The van der Waals surface area contributed by atoms with Crippen molar-refractivity contribution in [2.24, 2.45) is 5.73 Å². The fraction of sp³-hybridized carbons (Fsp3) is 0.176. The van der Waals surface area contributed by atoms with Crippen LogP contribution in [0.2, 0.25) is 5.02 Å². The number of urea groups is 1. The van der Waals surface area contributed by atoms with Gasteiger partial charge in [0.25, 0.3) is 0 Å². The Hall–Kier alpha value is -2.37. The lowest BCUT2D eigenvalue weighted by molar-refractivity contribution is -0.122. The number of amides is 3. The number of halogens is 1. The molecule has 0 heterocycles. The second-order valence-electron chi connectivity index (χ2n) is 5.14. The number of hydrogen-bond acceptors (Lipinski definition) is 3. The van der Waals surface area contributed by atoms with Crippen LogP contribution in [0.5, 0.6) is 0 Å². The number of nitrogens with two attached hydrogens (primary N) is 1. The Morgan fingerprint density at radius 2 is 1.70 bits per heavy atom. The summed E-state index contributed by atoms with van der Waals surface area (Å²) in [6.07, 6.45) is 0. The van der Waals surface area contributed by atoms with E-state index in [1.54, 1.807) is 6.07 Å². The highest BCUT2D eigenvalue weighted by Gasteiger charge is 2.23. The second-order valence-corrected chi connectivity index (χ2v) is 5.58. The van der Waals surface area contributed by atoms with Crippen molar-refractivity contribution in [2.45, 2.75) is 19.0 Å². The van der Waals surface area contributed by atoms with Gasteiger partial charge in [0.15, 0.2) is 0 Å². The molecule has 2 atom stereocenters. The Balaban J connectivity index is 2.23. The van der Waals surface area contributed by atoms with Gasteiger partial charge in [0.1, 0.15) is 6.04 Å². The minimum absolute atomic E-state index is 0.155. The van der Waals surface area contributed by atoms with Gasteiger partial charge >= 0.3 is 6.03 Å². The first kappa shape index (κ1) is 17.0. The zero-order valence-corrected chi connectivity index (χ0v) is 13.4. The molecule has 0 bridgehead atoms. The van der Waals surface area contributed by atoms with E-state index in [0.29, 0.717) is 5.02 Å². The molecule has 0 fully saturated rings. The van der Waals surface area contributed by atoms with Crippen molar-refractivity contribution < 1.29 is 9.59 Å². The van der Waals surface area contributed by atoms with Crippen LogP contribution in [0.4, 0.5) is 4.79 Å². The molecule has 0 radical (unpaired) electrons. The van der Waals surface area contributed by atoms with E-state index < -0.39 is 18.0 Å². The van der Waals surface area contributed by atoms with Gasteiger partial charge in [-0.2, -0.15) is 0 Å². The summed E-state index contributed by atoms with van der Waals surface area (Å²) in [5, 5.41) is 5.94. The molecule has 4 N–H and O–H groups in total. The number of nitrogens with one attached hydrogen (secondary N) is 2. The molecule has 5 nitrogen and oxygen atoms in total. The van der Waals surface area contributed by atoms with Crippen LogP contribution < -0.4 is 16.4 Å². The molecule has 0 aromatic heterocycles. The van der Waals surface area contributed by atoms with E-state index >= 15 is 0 Å². The van der Waals surface area contributed by atoms with E-state index in [4.69, 9.17) is 17.3 Å². The fourth-order valence-electron chi connectivity index (χ4n) is 2.28. The SMILES string of the molecule is C[C@@H](N[C@H](C(=O)NC(N)=O)c1ccccc1)c1cccc(Cl)c1. The van der Waals surface area contributed by atoms with Gasteiger partial charge in [-0.3, -0.25) is 15.4 Å². The Kier molecular flexibility index (Phi) is 5.73. The molecule has 0 spiro atoms. The average Bonchev–Trinajstić information content (AvgIpc) is 2.52. The van der Waals surface area contributed by atoms with Crippen LogP contribution in [-0.2, 0) is 4.79 Å². The van der Waals surface area contributed by atoms with E-state index in [1.807, 2.05) is 55.5 Å². The molecule has 2 aromatic carbocycles. The summed E-state index contributed by atoms with van der Waals surface area (Å²) in [6, 6.07) is 14.7. The van der Waals surface area contributed by atoms with E-state index in [2.05, 4.69) is 10.6 Å². The maximum Gasteiger partial charge on any atom is 0.318 e. The van der Waals surface area contributed by atoms with Crippen molar-refractivity contribution in [2.75, 3.05) is 0 Å². The van der Waals surface area contributed by atoms with Crippen LogP contribution in [-0.4, -0.2) is 11.9 Å². The van der Waals surface area contributed by atoms with Gasteiger partial charge < -0.3 is 5.73 Å². The van der Waals surface area contributed by atoms with Gasteiger partial charge in [-0.25, -0.2) is 4.79 Å². The lowest BCUT2D eigenvalue weighted by atomic mass is 10.0. The normalized spacial score (nSPS) is 13.1. The van der Waals surface area contributed by atoms with Crippen molar-refractivity contribution in [3.8, 4) is 0 Å². The van der Waals surface area contributed by atoms with Crippen molar-refractivity contribution in [3.63, 3.8) is 0 Å². The highest BCUT2D eigenvalue weighted by molar-refractivity contribution is 6.30. The number of carbonyl (C=O) groups excluding carboxylic acids is 2. The third-order valence-corrected chi connectivity index (χ3v) is 3.64. The Bertz CT molecular complexity index is 691. The van der Waals surface area contributed by atoms with Crippen molar-refractivity contribution in [1.29, 1.82) is 0 Å². The van der Waals surface area contributed by atoms with Crippen LogP contribution in [0, 0.1) is 0 Å². The maximum absolute atomic E-state index is 12.3. The molecule has 0 saturated heterocycles. The smallest absolute Gasteiger partial charge is 0.318 e. The van der Waals surface area contributed by atoms with E-state index in [0.717, 1.165) is 11.1 Å². The molecule has 6 heteroatoms. The molecular formula is C17H18ClN3O2. The second kappa shape index (κ2) is 7.76. The van der Waals surface area contributed by atoms with Crippen LogP contribution in [0.15, 0.2) is 54.6 Å². The number of benzene rings is 2. The number of imide groups is 1. The zero-order chi connectivity index (χ0) is 16.8. The van der Waals surface area contributed by atoms with Gasteiger partial charge in [0.05, 0.1) is 0 Å². The maximum atomic E-state index is 12.3. The van der Waals surface area contributed by atoms with Gasteiger partial charge in [0, 0.05) is 11.1 Å². The number of rotatable bonds is 5. The summed E-state index contributed by atoms with van der Waals surface area (Å²) in [5.41, 5.74) is 6.73. The predicted octanol–water partition coefficient (Wildman–Crippen LogP) is 2.93. The number of primary amides is 1. The monoisotopic (exact) mass is 331 g/mol. The molecule has 2 aromatic rings. The van der Waals surface area contributed by atoms with Gasteiger partial charge in [-0.15, -0.1) is 0 Å². The van der Waals surface area contributed by atoms with Gasteiger partial charge in [0.2, 0.25) is 5.91 Å². The Morgan fingerprint density at radius 3 is 2.30 bits per heavy atom. The largest absolute Gasteiger partial charge is 0.351 e. The lowest BCUT2D eigenvalue weighted by Gasteiger charge is -2.23. The van der Waals surface area contributed by atoms with Gasteiger partial charge in [-0.1, -0.05) is 54.1 Å². The van der Waals surface area contributed by atoms with E-state index in [-0.39, 0.29) is 6.04 Å². The third-order valence-electron chi connectivity index (χ3n) is 3.41. The van der Waals surface area contributed by atoms with Crippen LogP contribution in [0.25, 0.3) is 0 Å². The predicted molar refractivity (Wildman–Crippen MR) is 89.9 cm³/mol. The highest BCUT2D eigenvalue weighted by atomic mass is 35.5. The molecular weight excluding hydrogens is 314 g/mol. The van der Waals surface area contributed by atoms with E-state index in [1.165, 1.54) is 0 Å². The molecule has 0 saturated carbocycles. The van der Waals surface area contributed by atoms with E-state index in [9.17, 15) is 9.59 Å². The summed E-state index contributed by atoms with van der Waals surface area (Å²) >= 11 is 6.01. The van der Waals surface area contributed by atoms with Crippen molar-refractivity contribution in [3.05, 3.63) is 70.7 Å². The highest BCUT2D eigenvalue weighted by Crippen LogP contribution is 2.22. The summed E-state index contributed by atoms with van der Waals surface area (Å²) in [5.74, 6) is -0.502. The molecule has 2 rings (SSSR count). The summed E-state index contributed by atoms with van der Waals surface area (Å²) in [4.78, 5) is 23.3. The zero-order valence-electron chi connectivity index (χ0n) is 12.6.